The molecule has 0 aromatic heterocycles. The Morgan fingerprint density at radius 3 is 1.87 bits per heavy atom. The lowest BCUT2D eigenvalue weighted by Gasteiger charge is -2.02. The molecule has 0 aliphatic rings. The average Bonchev–Trinajstić information content (AvgIpc) is 2.53. The molecule has 0 radical (unpaired) electrons. The van der Waals surface area contributed by atoms with E-state index in [1.165, 1.54) is 0 Å². The highest BCUT2D eigenvalue weighted by molar-refractivity contribution is 9.10. The second-order valence-electron chi connectivity index (χ2n) is 3.85. The van der Waals surface area contributed by atoms with Crippen LogP contribution in [-0.2, 0) is 0 Å². The Kier molecular flexibility index (Phi) is 15.6. The maximum absolute atomic E-state index is 8.78. The van der Waals surface area contributed by atoms with E-state index in [2.05, 4.69) is 47.8 Å². The molecular weight excluding hydrogens is 535 g/mol. The van der Waals surface area contributed by atoms with Gasteiger partial charge in [0.25, 0.3) is 0 Å². The Labute approximate surface area is 172 Å². The first-order chi connectivity index (χ1) is 11.0. The van der Waals surface area contributed by atoms with E-state index in [9.17, 15) is 0 Å². The molecule has 0 spiro atoms. The molecule has 0 amide bonds. The van der Waals surface area contributed by atoms with Crippen molar-refractivity contribution < 1.29 is 9.84 Å². The van der Waals surface area contributed by atoms with E-state index in [0.29, 0.717) is 24.1 Å². The van der Waals surface area contributed by atoms with E-state index in [1.807, 2.05) is 30.3 Å². The Balaban J connectivity index is 0.000000354. The summed E-state index contributed by atoms with van der Waals surface area (Å²) >= 11 is 20.3. The fraction of sp³-hybridized carbons (Fsp3) is 0.250. The molecule has 128 valence electrons. The maximum atomic E-state index is 8.78. The van der Waals surface area contributed by atoms with Crippen molar-refractivity contribution in [1.29, 1.82) is 0 Å². The molecule has 23 heavy (non-hydrogen) atoms. The number of hydrogen-bond acceptors (Lipinski definition) is 2. The second-order valence-corrected chi connectivity index (χ2v) is 7.23. The summed E-state index contributed by atoms with van der Waals surface area (Å²) in [5.41, 5.74) is 0. The van der Waals surface area contributed by atoms with Gasteiger partial charge in [0, 0.05) is 20.2 Å². The normalized spacial score (nSPS) is 9.09. The Bertz CT molecular complexity index is 523. The quantitative estimate of drug-likeness (QED) is 0.422. The van der Waals surface area contributed by atoms with Gasteiger partial charge in [-0.05, 0) is 36.4 Å². The standard InChI is InChI=1S/C8H8BrClO.C6H5BrO.C2H4BrCl/c9-7-2-1-3-8(6-7)11-5-4-10;7-5-2-1-3-6(8)4-5;3-1-2-4/h1-3,6H,4-5H2;1-4,8H;1-2H2. The molecule has 0 saturated carbocycles. The number of phenols is 1. The second kappa shape index (κ2) is 15.6. The lowest BCUT2D eigenvalue weighted by atomic mass is 10.3. The summed E-state index contributed by atoms with van der Waals surface area (Å²) in [5.74, 6) is 2.37. The van der Waals surface area contributed by atoms with Crippen molar-refractivity contribution in [3.63, 3.8) is 0 Å². The van der Waals surface area contributed by atoms with E-state index in [1.54, 1.807) is 18.2 Å². The van der Waals surface area contributed by atoms with Crippen LogP contribution in [0, 0.1) is 0 Å². The van der Waals surface area contributed by atoms with Gasteiger partial charge in [-0.2, -0.15) is 0 Å². The number of ether oxygens (including phenoxy) is 1. The first kappa shape index (κ1) is 23.1. The van der Waals surface area contributed by atoms with Crippen molar-refractivity contribution in [3.8, 4) is 11.5 Å². The molecule has 0 aliphatic heterocycles. The molecule has 0 bridgehead atoms. The third kappa shape index (κ3) is 14.1. The number of phenolic OH excluding ortho intramolecular Hbond substituents is 1. The van der Waals surface area contributed by atoms with Gasteiger partial charge in [-0.3, -0.25) is 0 Å². The third-order valence-electron chi connectivity index (χ3n) is 2.02. The molecule has 1 N–H and O–H groups in total. The van der Waals surface area contributed by atoms with Gasteiger partial charge in [0.15, 0.2) is 0 Å². The van der Waals surface area contributed by atoms with E-state index in [-0.39, 0.29) is 0 Å². The van der Waals surface area contributed by atoms with Crippen molar-refractivity contribution in [1.82, 2.24) is 0 Å². The third-order valence-corrected chi connectivity index (χ3v) is 4.20. The molecule has 2 aromatic carbocycles. The van der Waals surface area contributed by atoms with Crippen LogP contribution in [0.3, 0.4) is 0 Å². The van der Waals surface area contributed by atoms with E-state index < -0.39 is 0 Å². The predicted octanol–water partition coefficient (Wildman–Crippen LogP) is 6.84. The van der Waals surface area contributed by atoms with Crippen LogP contribution in [0.2, 0.25) is 0 Å². The predicted molar refractivity (Wildman–Crippen MR) is 111 cm³/mol. The SMILES string of the molecule is ClCCBr.ClCCOc1cccc(Br)c1.Oc1cccc(Br)c1. The van der Waals surface area contributed by atoms with Gasteiger partial charge in [-0.25, -0.2) is 0 Å². The van der Waals surface area contributed by atoms with E-state index >= 15 is 0 Å². The minimum Gasteiger partial charge on any atom is -0.508 e. The molecule has 2 aromatic rings. The highest BCUT2D eigenvalue weighted by Crippen LogP contribution is 2.17. The van der Waals surface area contributed by atoms with Crippen LogP contribution in [0.25, 0.3) is 0 Å². The smallest absolute Gasteiger partial charge is 0.120 e. The van der Waals surface area contributed by atoms with Crippen LogP contribution in [0.4, 0.5) is 0 Å². The van der Waals surface area contributed by atoms with Crippen LogP contribution in [0.1, 0.15) is 0 Å². The summed E-state index contributed by atoms with van der Waals surface area (Å²) in [7, 11) is 0. The lowest BCUT2D eigenvalue weighted by molar-refractivity contribution is 0.342. The topological polar surface area (TPSA) is 29.5 Å². The van der Waals surface area contributed by atoms with Crippen LogP contribution >= 0.6 is 71.0 Å². The highest BCUT2D eigenvalue weighted by atomic mass is 79.9. The van der Waals surface area contributed by atoms with Gasteiger partial charge < -0.3 is 9.84 Å². The first-order valence-corrected chi connectivity index (χ1v) is 10.3. The summed E-state index contributed by atoms with van der Waals surface area (Å²) in [5, 5.41) is 9.68. The molecule has 0 atom stereocenters. The van der Waals surface area contributed by atoms with Gasteiger partial charge in [-0.15, -0.1) is 23.2 Å². The number of hydrogen-bond donors (Lipinski definition) is 1. The Morgan fingerprint density at radius 1 is 0.913 bits per heavy atom. The zero-order valence-electron chi connectivity index (χ0n) is 12.2. The average molecular weight is 552 g/mol. The number of rotatable bonds is 4. The van der Waals surface area contributed by atoms with Crippen molar-refractivity contribution in [2.45, 2.75) is 0 Å². The van der Waals surface area contributed by atoms with Crippen LogP contribution in [0.15, 0.2) is 57.5 Å². The van der Waals surface area contributed by atoms with Crippen molar-refractivity contribution in [2.75, 3.05) is 23.7 Å². The number of alkyl halides is 3. The zero-order valence-corrected chi connectivity index (χ0v) is 18.5. The molecular formula is C16H17Br3Cl2O2. The summed E-state index contributed by atoms with van der Waals surface area (Å²) in [6, 6.07) is 14.6. The first-order valence-electron chi connectivity index (χ1n) is 6.54. The minimum atomic E-state index is 0.291. The Morgan fingerprint density at radius 2 is 1.48 bits per heavy atom. The monoisotopic (exact) mass is 548 g/mol. The van der Waals surface area contributed by atoms with E-state index in [4.69, 9.17) is 33.0 Å². The summed E-state index contributed by atoms with van der Waals surface area (Å²) in [6.07, 6.45) is 0. The number of aromatic hydroxyl groups is 1. The molecule has 2 rings (SSSR count). The summed E-state index contributed by atoms with van der Waals surface area (Å²) in [4.78, 5) is 0. The van der Waals surface area contributed by atoms with Crippen molar-refractivity contribution in [2.24, 2.45) is 0 Å². The van der Waals surface area contributed by atoms with Gasteiger partial charge in [-0.1, -0.05) is 59.9 Å². The maximum Gasteiger partial charge on any atom is 0.120 e. The number of halogens is 5. The van der Waals surface area contributed by atoms with Gasteiger partial charge in [0.05, 0.1) is 5.88 Å². The van der Waals surface area contributed by atoms with E-state index in [0.717, 1.165) is 20.0 Å². The van der Waals surface area contributed by atoms with Gasteiger partial charge in [0.1, 0.15) is 18.1 Å². The molecule has 0 fully saturated rings. The van der Waals surface area contributed by atoms with Crippen molar-refractivity contribution in [3.05, 3.63) is 57.5 Å². The van der Waals surface area contributed by atoms with Gasteiger partial charge >= 0.3 is 0 Å². The van der Waals surface area contributed by atoms with Crippen molar-refractivity contribution >= 4 is 71.0 Å². The van der Waals surface area contributed by atoms with Gasteiger partial charge in [0.2, 0.25) is 0 Å². The molecule has 0 heterocycles. The Hall–Kier alpha value is 0.0600. The van der Waals surface area contributed by atoms with Crippen LogP contribution in [0.5, 0.6) is 11.5 Å². The summed E-state index contributed by atoms with van der Waals surface area (Å²) in [6.45, 7) is 0.554. The fourth-order valence-electron chi connectivity index (χ4n) is 1.19. The molecule has 2 nitrogen and oxygen atoms in total. The molecule has 0 saturated heterocycles. The van der Waals surface area contributed by atoms with Crippen LogP contribution < -0.4 is 4.74 Å². The lowest BCUT2D eigenvalue weighted by Crippen LogP contribution is -1.97. The van der Waals surface area contributed by atoms with Crippen LogP contribution in [-0.4, -0.2) is 28.8 Å². The number of benzene rings is 2. The molecule has 0 aliphatic carbocycles. The summed E-state index contributed by atoms with van der Waals surface area (Å²) < 4.78 is 7.19. The highest BCUT2D eigenvalue weighted by Gasteiger charge is 1.92. The largest absolute Gasteiger partial charge is 0.508 e. The molecule has 0 unspecified atom stereocenters. The minimum absolute atomic E-state index is 0.291. The fourth-order valence-corrected chi connectivity index (χ4v) is 2.03. The zero-order chi connectivity index (χ0) is 17.5. The molecule has 7 heteroatoms.